The van der Waals surface area contributed by atoms with E-state index in [-0.39, 0.29) is 18.1 Å². The lowest BCUT2D eigenvalue weighted by molar-refractivity contribution is -0.385. The van der Waals surface area contributed by atoms with E-state index in [1.54, 1.807) is 6.07 Å². The summed E-state index contributed by atoms with van der Waals surface area (Å²) in [5.74, 6) is 0.326. The molecule has 0 aliphatic heterocycles. The highest BCUT2D eigenvalue weighted by atomic mass is 127. The number of halogens is 2. The molecule has 0 radical (unpaired) electrons. The first-order valence-corrected chi connectivity index (χ1v) is 7.43. The second-order valence-corrected chi connectivity index (χ2v) is 5.70. The van der Waals surface area contributed by atoms with Crippen molar-refractivity contribution in [1.82, 2.24) is 0 Å². The van der Waals surface area contributed by atoms with Gasteiger partial charge in [-0.25, -0.2) is 0 Å². The molecule has 0 spiro atoms. The van der Waals surface area contributed by atoms with Gasteiger partial charge in [0.1, 0.15) is 5.84 Å². The molecular weight excluding hydrogens is 417 g/mol. The third-order valence-electron chi connectivity index (χ3n) is 2.91. The molecule has 0 unspecified atom stereocenters. The second kappa shape index (κ2) is 8.70. The Morgan fingerprint density at radius 1 is 1.23 bits per heavy atom. The summed E-state index contributed by atoms with van der Waals surface area (Å²) in [5, 5.41) is 10.8. The van der Waals surface area contributed by atoms with Crippen LogP contribution >= 0.6 is 35.0 Å². The third-order valence-corrected chi connectivity index (χ3v) is 3.54. The highest BCUT2D eigenvalue weighted by molar-refractivity contribution is 14.1. The maximum atomic E-state index is 10.8. The van der Waals surface area contributed by atoms with E-state index in [9.17, 15) is 10.1 Å². The molecule has 2 N–H and O–H groups in total. The largest absolute Gasteiger partial charge is 0.384 e. The van der Waals surface area contributed by atoms with Crippen LogP contribution in [0.1, 0.15) is 11.1 Å². The van der Waals surface area contributed by atoms with Gasteiger partial charge in [0, 0.05) is 27.8 Å². The summed E-state index contributed by atoms with van der Waals surface area (Å²) < 4.78 is 0.762. The Labute approximate surface area is 148 Å². The van der Waals surface area contributed by atoms with E-state index >= 15 is 0 Å². The van der Waals surface area contributed by atoms with Gasteiger partial charge < -0.3 is 5.73 Å². The van der Waals surface area contributed by atoms with Crippen LogP contribution in [0.3, 0.4) is 0 Å². The molecule has 0 aromatic heterocycles. The van der Waals surface area contributed by atoms with E-state index in [1.165, 1.54) is 17.7 Å². The smallest absolute Gasteiger partial charge is 0.271 e. The van der Waals surface area contributed by atoms with Gasteiger partial charge in [-0.05, 0) is 40.6 Å². The van der Waals surface area contributed by atoms with E-state index in [2.05, 4.69) is 4.99 Å². The van der Waals surface area contributed by atoms with Crippen LogP contribution in [0, 0.1) is 13.7 Å². The molecule has 0 saturated carbocycles. The van der Waals surface area contributed by atoms with Gasteiger partial charge in [0.2, 0.25) is 0 Å². The molecule has 2 rings (SSSR count). The van der Waals surface area contributed by atoms with Crippen LogP contribution < -0.4 is 5.73 Å². The molecular formula is C15H15ClIN3O2. The van der Waals surface area contributed by atoms with Crippen molar-refractivity contribution in [1.29, 1.82) is 0 Å². The number of non-ortho nitro benzene ring substituents is 1. The molecule has 22 heavy (non-hydrogen) atoms. The van der Waals surface area contributed by atoms with Gasteiger partial charge in [-0.15, -0.1) is 12.4 Å². The first kappa shape index (κ1) is 18.4. The molecule has 0 aliphatic carbocycles. The Morgan fingerprint density at radius 2 is 1.91 bits per heavy atom. The van der Waals surface area contributed by atoms with E-state index in [0.29, 0.717) is 17.9 Å². The standard InChI is InChI=1S/C15H14IN3O2.ClH/c16-13-8-12(9-14(10-13)19(20)21)15(17)18-7-6-11-4-2-1-3-5-11;/h1-5,8-10H,6-7H2,(H2,17,18);1H. The number of benzene rings is 2. The van der Waals surface area contributed by atoms with Gasteiger partial charge in [0.15, 0.2) is 0 Å². The second-order valence-electron chi connectivity index (χ2n) is 4.46. The summed E-state index contributed by atoms with van der Waals surface area (Å²) in [6.07, 6.45) is 0.785. The first-order valence-electron chi connectivity index (χ1n) is 6.35. The summed E-state index contributed by atoms with van der Waals surface area (Å²) in [6, 6.07) is 14.7. The van der Waals surface area contributed by atoms with Crippen LogP contribution in [0.2, 0.25) is 0 Å². The number of nitrogens with two attached hydrogens (primary N) is 1. The van der Waals surface area contributed by atoms with Crippen molar-refractivity contribution >= 4 is 46.5 Å². The molecule has 0 aliphatic rings. The van der Waals surface area contributed by atoms with Crippen LogP contribution in [0.25, 0.3) is 0 Å². The minimum absolute atomic E-state index is 0. The van der Waals surface area contributed by atoms with Crippen molar-refractivity contribution < 1.29 is 4.92 Å². The van der Waals surface area contributed by atoms with E-state index in [1.807, 2.05) is 52.9 Å². The minimum Gasteiger partial charge on any atom is -0.384 e. The number of rotatable bonds is 5. The molecule has 2 aromatic rings. The predicted molar refractivity (Wildman–Crippen MR) is 98.8 cm³/mol. The topological polar surface area (TPSA) is 81.5 Å². The van der Waals surface area contributed by atoms with Gasteiger partial charge in [-0.1, -0.05) is 30.3 Å². The van der Waals surface area contributed by atoms with Crippen molar-refractivity contribution in [2.45, 2.75) is 6.42 Å². The number of aliphatic imine (C=N–C) groups is 1. The Morgan fingerprint density at radius 3 is 2.55 bits per heavy atom. The number of hydrogen-bond donors (Lipinski definition) is 1. The lowest BCUT2D eigenvalue weighted by Gasteiger charge is -2.03. The minimum atomic E-state index is -0.428. The summed E-state index contributed by atoms with van der Waals surface area (Å²) in [6.45, 7) is 0.551. The summed E-state index contributed by atoms with van der Waals surface area (Å²) in [7, 11) is 0. The molecule has 116 valence electrons. The van der Waals surface area contributed by atoms with Gasteiger partial charge in [0.05, 0.1) is 4.92 Å². The van der Waals surface area contributed by atoms with Gasteiger partial charge in [-0.2, -0.15) is 0 Å². The lowest BCUT2D eigenvalue weighted by atomic mass is 10.1. The molecule has 0 heterocycles. The lowest BCUT2D eigenvalue weighted by Crippen LogP contribution is -2.15. The molecule has 0 fully saturated rings. The number of amidine groups is 1. The summed E-state index contributed by atoms with van der Waals surface area (Å²) in [4.78, 5) is 14.7. The molecule has 0 atom stereocenters. The maximum absolute atomic E-state index is 10.8. The quantitative estimate of drug-likeness (QED) is 0.258. The molecule has 2 aromatic carbocycles. The molecule has 0 saturated heterocycles. The Kier molecular flexibility index (Phi) is 7.26. The Balaban J connectivity index is 0.00000242. The SMILES string of the molecule is Cl.NC(=NCCc1ccccc1)c1cc(I)cc([N+](=O)[O-])c1. The van der Waals surface area contributed by atoms with Gasteiger partial charge in [0.25, 0.3) is 5.69 Å². The fraction of sp³-hybridized carbons (Fsp3) is 0.133. The fourth-order valence-electron chi connectivity index (χ4n) is 1.87. The zero-order chi connectivity index (χ0) is 15.2. The highest BCUT2D eigenvalue weighted by Crippen LogP contribution is 2.18. The van der Waals surface area contributed by atoms with Crippen LogP contribution in [-0.4, -0.2) is 17.3 Å². The van der Waals surface area contributed by atoms with Crippen LogP contribution in [0.5, 0.6) is 0 Å². The van der Waals surface area contributed by atoms with Crippen molar-refractivity contribution in [3.8, 4) is 0 Å². The normalized spacial score (nSPS) is 10.9. The summed E-state index contributed by atoms with van der Waals surface area (Å²) in [5.41, 5.74) is 7.72. The van der Waals surface area contributed by atoms with Crippen molar-refractivity contribution in [3.63, 3.8) is 0 Å². The molecule has 7 heteroatoms. The van der Waals surface area contributed by atoms with Crippen molar-refractivity contribution in [2.24, 2.45) is 10.7 Å². The highest BCUT2D eigenvalue weighted by Gasteiger charge is 2.10. The van der Waals surface area contributed by atoms with Crippen molar-refractivity contribution in [3.05, 3.63) is 73.3 Å². The van der Waals surface area contributed by atoms with Crippen LogP contribution in [0.4, 0.5) is 5.69 Å². The number of hydrogen-bond acceptors (Lipinski definition) is 3. The van der Waals surface area contributed by atoms with Gasteiger partial charge in [-0.3, -0.25) is 15.1 Å². The van der Waals surface area contributed by atoms with E-state index < -0.39 is 4.92 Å². The Hall–Kier alpha value is -1.67. The first-order chi connectivity index (χ1) is 10.1. The summed E-state index contributed by atoms with van der Waals surface area (Å²) >= 11 is 2.03. The Bertz CT molecular complexity index is 678. The predicted octanol–water partition coefficient (Wildman–Crippen LogP) is 3.57. The van der Waals surface area contributed by atoms with Crippen LogP contribution in [0.15, 0.2) is 53.5 Å². The third kappa shape index (κ3) is 5.27. The number of nitro benzene ring substituents is 1. The maximum Gasteiger partial charge on any atom is 0.271 e. The van der Waals surface area contributed by atoms with E-state index in [0.717, 1.165) is 9.99 Å². The van der Waals surface area contributed by atoms with Gasteiger partial charge >= 0.3 is 0 Å². The fourth-order valence-corrected chi connectivity index (χ4v) is 2.52. The number of nitro groups is 1. The monoisotopic (exact) mass is 431 g/mol. The van der Waals surface area contributed by atoms with Crippen LogP contribution in [-0.2, 0) is 6.42 Å². The number of nitrogens with zero attached hydrogens (tertiary/aromatic N) is 2. The van der Waals surface area contributed by atoms with E-state index in [4.69, 9.17) is 5.73 Å². The molecule has 5 nitrogen and oxygen atoms in total. The zero-order valence-corrected chi connectivity index (χ0v) is 14.6. The molecule has 0 amide bonds. The van der Waals surface area contributed by atoms with Crippen molar-refractivity contribution in [2.75, 3.05) is 6.54 Å². The molecule has 0 bridgehead atoms. The zero-order valence-electron chi connectivity index (χ0n) is 11.6. The average molecular weight is 432 g/mol. The average Bonchev–Trinajstić information content (AvgIpc) is 2.47.